The minimum atomic E-state index is 0.811. The summed E-state index contributed by atoms with van der Waals surface area (Å²) in [4.78, 5) is 1.24. The number of nitrogens with one attached hydrogen (secondary N) is 1. The highest BCUT2D eigenvalue weighted by Crippen LogP contribution is 2.21. The molecule has 1 nitrogen and oxygen atoms in total. The lowest BCUT2D eigenvalue weighted by molar-refractivity contribution is 1.19. The zero-order valence-corrected chi connectivity index (χ0v) is 11.0. The van der Waals surface area contributed by atoms with Crippen molar-refractivity contribution in [3.63, 3.8) is 0 Å². The van der Waals surface area contributed by atoms with E-state index >= 15 is 0 Å². The van der Waals surface area contributed by atoms with Crippen LogP contribution in [0.25, 0.3) is 0 Å². The van der Waals surface area contributed by atoms with E-state index in [9.17, 15) is 0 Å². The van der Waals surface area contributed by atoms with E-state index in [1.165, 1.54) is 4.88 Å². The maximum atomic E-state index is 5.84. The monoisotopic (exact) mass is 301 g/mol. The zero-order chi connectivity index (χ0) is 10.7. The molecule has 78 valence electrons. The predicted octanol–water partition coefficient (Wildman–Crippen LogP) is 4.78. The number of hydrogen-bond donors (Lipinski definition) is 1. The molecule has 2 aromatic rings. The van der Waals surface area contributed by atoms with Crippen LogP contribution in [-0.2, 0) is 6.54 Å². The van der Waals surface area contributed by atoms with Crippen molar-refractivity contribution in [3.05, 3.63) is 50.1 Å². The molecule has 0 atom stereocenters. The molecule has 0 unspecified atom stereocenters. The van der Waals surface area contributed by atoms with Crippen molar-refractivity contribution in [3.8, 4) is 0 Å². The Hall–Kier alpha value is -0.510. The van der Waals surface area contributed by atoms with Crippen LogP contribution in [0.4, 0.5) is 5.69 Å². The van der Waals surface area contributed by atoms with Crippen molar-refractivity contribution in [2.75, 3.05) is 5.32 Å². The Kier molecular flexibility index (Phi) is 3.67. The van der Waals surface area contributed by atoms with Crippen molar-refractivity contribution in [1.29, 1.82) is 0 Å². The minimum Gasteiger partial charge on any atom is -0.380 e. The van der Waals surface area contributed by atoms with Crippen molar-refractivity contribution in [2.24, 2.45) is 0 Å². The topological polar surface area (TPSA) is 12.0 Å². The first-order chi connectivity index (χ1) is 7.24. The second-order valence-corrected chi connectivity index (χ2v) is 5.44. The first-order valence-corrected chi connectivity index (χ1v) is 6.51. The lowest BCUT2D eigenvalue weighted by Gasteiger charge is -2.04. The van der Waals surface area contributed by atoms with Crippen LogP contribution in [0.2, 0.25) is 5.02 Å². The van der Waals surface area contributed by atoms with Gasteiger partial charge in [0.1, 0.15) is 0 Å². The molecular formula is C11H9BrClNS. The molecule has 0 aliphatic heterocycles. The van der Waals surface area contributed by atoms with Gasteiger partial charge in [0.25, 0.3) is 0 Å². The van der Waals surface area contributed by atoms with Gasteiger partial charge in [-0.25, -0.2) is 0 Å². The molecule has 0 radical (unpaired) electrons. The van der Waals surface area contributed by atoms with Crippen molar-refractivity contribution < 1.29 is 0 Å². The average Bonchev–Trinajstić information content (AvgIpc) is 2.62. The predicted molar refractivity (Wildman–Crippen MR) is 70.8 cm³/mol. The van der Waals surface area contributed by atoms with Crippen molar-refractivity contribution in [1.82, 2.24) is 0 Å². The van der Waals surface area contributed by atoms with Crippen LogP contribution < -0.4 is 5.32 Å². The summed E-state index contributed by atoms with van der Waals surface area (Å²) in [5.74, 6) is 0. The van der Waals surface area contributed by atoms with Crippen molar-refractivity contribution >= 4 is 44.6 Å². The van der Waals surface area contributed by atoms with Gasteiger partial charge in [0.05, 0.1) is 5.02 Å². The molecule has 0 amide bonds. The fraction of sp³-hybridized carbons (Fsp3) is 0.0909. The normalized spacial score (nSPS) is 10.3. The van der Waals surface area contributed by atoms with E-state index < -0.39 is 0 Å². The SMILES string of the molecule is Clc1csc(CNc2cccc(Br)c2)c1. The molecule has 1 N–H and O–H groups in total. The molecule has 0 saturated heterocycles. The van der Waals surface area contributed by atoms with Crippen LogP contribution in [0.5, 0.6) is 0 Å². The number of halogens is 2. The lowest BCUT2D eigenvalue weighted by Crippen LogP contribution is -1.96. The lowest BCUT2D eigenvalue weighted by atomic mass is 10.3. The number of benzene rings is 1. The molecule has 4 heteroatoms. The summed E-state index contributed by atoms with van der Waals surface area (Å²) in [5.41, 5.74) is 1.11. The molecule has 0 spiro atoms. The molecule has 1 heterocycles. The Balaban J connectivity index is 1.99. The fourth-order valence-corrected chi connectivity index (χ4v) is 2.65. The maximum Gasteiger partial charge on any atom is 0.0516 e. The number of thiophene rings is 1. The number of hydrogen-bond acceptors (Lipinski definition) is 2. The molecule has 0 aliphatic carbocycles. The van der Waals surface area contributed by atoms with Gasteiger partial charge in [0.15, 0.2) is 0 Å². The maximum absolute atomic E-state index is 5.84. The molecule has 0 saturated carbocycles. The molecule has 0 bridgehead atoms. The van der Waals surface area contributed by atoms with E-state index in [0.29, 0.717) is 0 Å². The summed E-state index contributed by atoms with van der Waals surface area (Å²) >= 11 is 10.9. The van der Waals surface area contributed by atoms with Gasteiger partial charge < -0.3 is 5.32 Å². The van der Waals surface area contributed by atoms with E-state index in [-0.39, 0.29) is 0 Å². The van der Waals surface area contributed by atoms with Crippen LogP contribution >= 0.6 is 38.9 Å². The van der Waals surface area contributed by atoms with Gasteiger partial charge in [-0.15, -0.1) is 11.3 Å². The largest absolute Gasteiger partial charge is 0.380 e. The van der Waals surface area contributed by atoms with Crippen LogP contribution in [0, 0.1) is 0 Å². The van der Waals surface area contributed by atoms with Gasteiger partial charge in [-0.1, -0.05) is 33.6 Å². The highest BCUT2D eigenvalue weighted by molar-refractivity contribution is 9.10. The molecule has 0 aliphatic rings. The summed E-state index contributed by atoms with van der Waals surface area (Å²) in [7, 11) is 0. The van der Waals surface area contributed by atoms with E-state index in [4.69, 9.17) is 11.6 Å². The second-order valence-electron chi connectivity index (χ2n) is 3.10. The third-order valence-electron chi connectivity index (χ3n) is 1.91. The molecule has 2 rings (SSSR count). The first kappa shape index (κ1) is 11.0. The number of anilines is 1. The van der Waals surface area contributed by atoms with Crippen LogP contribution in [0.1, 0.15) is 4.88 Å². The Morgan fingerprint density at radius 3 is 2.87 bits per heavy atom. The zero-order valence-electron chi connectivity index (χ0n) is 7.84. The Labute approximate surface area is 106 Å². The van der Waals surface area contributed by atoms with E-state index in [0.717, 1.165) is 21.7 Å². The van der Waals surface area contributed by atoms with Crippen molar-refractivity contribution in [2.45, 2.75) is 6.54 Å². The van der Waals surface area contributed by atoms with Gasteiger partial charge in [0, 0.05) is 27.0 Å². The molecule has 15 heavy (non-hydrogen) atoms. The average molecular weight is 303 g/mol. The summed E-state index contributed by atoms with van der Waals surface area (Å²) in [6.45, 7) is 0.813. The Bertz CT molecular complexity index is 455. The quantitative estimate of drug-likeness (QED) is 0.860. The van der Waals surface area contributed by atoms with Crippen LogP contribution in [0.3, 0.4) is 0 Å². The third-order valence-corrected chi connectivity index (χ3v) is 3.69. The van der Waals surface area contributed by atoms with Gasteiger partial charge in [0.2, 0.25) is 0 Å². The highest BCUT2D eigenvalue weighted by atomic mass is 79.9. The summed E-state index contributed by atoms with van der Waals surface area (Å²) in [6, 6.07) is 10.1. The van der Waals surface area contributed by atoms with Crippen LogP contribution in [-0.4, -0.2) is 0 Å². The van der Waals surface area contributed by atoms with E-state index in [1.807, 2.05) is 29.6 Å². The van der Waals surface area contributed by atoms with E-state index in [1.54, 1.807) is 11.3 Å². The highest BCUT2D eigenvalue weighted by Gasteiger charge is 1.98. The smallest absolute Gasteiger partial charge is 0.0516 e. The molecule has 1 aromatic carbocycles. The summed E-state index contributed by atoms with van der Waals surface area (Å²) in [6.07, 6.45) is 0. The molecule has 0 fully saturated rings. The van der Waals surface area contributed by atoms with Gasteiger partial charge in [-0.3, -0.25) is 0 Å². The van der Waals surface area contributed by atoms with E-state index in [2.05, 4.69) is 27.3 Å². The second kappa shape index (κ2) is 5.01. The van der Waals surface area contributed by atoms with Crippen LogP contribution in [0.15, 0.2) is 40.2 Å². The Morgan fingerprint density at radius 1 is 1.33 bits per heavy atom. The number of rotatable bonds is 3. The fourth-order valence-electron chi connectivity index (χ4n) is 1.23. The molecular weight excluding hydrogens is 294 g/mol. The standard InChI is InChI=1S/C11H9BrClNS/c12-8-2-1-3-10(4-8)14-6-11-5-9(13)7-15-11/h1-5,7,14H,6H2. The van der Waals surface area contributed by atoms with Gasteiger partial charge in [-0.2, -0.15) is 0 Å². The third kappa shape index (κ3) is 3.23. The molecule has 1 aromatic heterocycles. The first-order valence-electron chi connectivity index (χ1n) is 4.46. The minimum absolute atomic E-state index is 0.811. The van der Waals surface area contributed by atoms with Gasteiger partial charge in [-0.05, 0) is 24.3 Å². The summed E-state index contributed by atoms with van der Waals surface area (Å²) < 4.78 is 1.08. The summed E-state index contributed by atoms with van der Waals surface area (Å²) in [5, 5.41) is 6.09. The Morgan fingerprint density at radius 2 is 2.20 bits per heavy atom. The van der Waals surface area contributed by atoms with Gasteiger partial charge >= 0.3 is 0 Å².